The first-order valence-electron chi connectivity index (χ1n) is 11.5. The molecule has 1 aliphatic rings. The van der Waals surface area contributed by atoms with Crippen molar-refractivity contribution in [3.05, 3.63) is 71.1 Å². The zero-order valence-electron chi connectivity index (χ0n) is 19.3. The van der Waals surface area contributed by atoms with Crippen LogP contribution in [-0.4, -0.2) is 57.8 Å². The van der Waals surface area contributed by atoms with Crippen molar-refractivity contribution in [2.24, 2.45) is 0 Å². The van der Waals surface area contributed by atoms with Gasteiger partial charge in [0.1, 0.15) is 0 Å². The van der Waals surface area contributed by atoms with Gasteiger partial charge in [-0.1, -0.05) is 66.2 Å². The summed E-state index contributed by atoms with van der Waals surface area (Å²) in [6, 6.07) is 15.7. The van der Waals surface area contributed by atoms with Crippen LogP contribution in [0.15, 0.2) is 53.1 Å². The minimum Gasteiger partial charge on any atom is -0.340 e. The first-order valence-corrected chi connectivity index (χ1v) is 11.5. The van der Waals surface area contributed by atoms with Gasteiger partial charge in [0.05, 0.1) is 6.54 Å². The predicted octanol–water partition coefficient (Wildman–Crippen LogP) is 3.91. The molecule has 0 N–H and O–H groups in total. The molecule has 0 aliphatic carbocycles. The van der Waals surface area contributed by atoms with E-state index in [1.807, 2.05) is 60.4 Å². The smallest absolute Gasteiger partial charge is 0.241 e. The number of aryl methyl sites for hydroxylation is 2. The molecule has 1 aromatic heterocycles. The number of hydrogen-bond donors (Lipinski definition) is 0. The van der Waals surface area contributed by atoms with Gasteiger partial charge in [-0.25, -0.2) is 0 Å². The second kappa shape index (κ2) is 10.5. The zero-order valence-corrected chi connectivity index (χ0v) is 19.3. The van der Waals surface area contributed by atoms with Crippen molar-refractivity contribution in [2.75, 3.05) is 26.2 Å². The first-order chi connectivity index (χ1) is 16.0. The van der Waals surface area contributed by atoms with E-state index >= 15 is 0 Å². The third-order valence-electron chi connectivity index (χ3n) is 6.11. The molecule has 0 radical (unpaired) electrons. The van der Waals surface area contributed by atoms with Crippen LogP contribution in [0.2, 0.25) is 0 Å². The maximum absolute atomic E-state index is 12.6. The molecular formula is C26H30N4O3. The number of nitrogens with zero attached hydrogens (tertiary/aromatic N) is 4. The van der Waals surface area contributed by atoms with Crippen LogP contribution in [0, 0.1) is 6.92 Å². The highest BCUT2D eigenvalue weighted by atomic mass is 16.5. The number of carbonyl (C=O) groups excluding carboxylic acids is 2. The molecule has 1 amide bonds. The van der Waals surface area contributed by atoms with Gasteiger partial charge >= 0.3 is 0 Å². The fourth-order valence-corrected chi connectivity index (χ4v) is 3.93. The van der Waals surface area contributed by atoms with E-state index in [0.29, 0.717) is 36.9 Å². The van der Waals surface area contributed by atoms with Crippen LogP contribution in [0.5, 0.6) is 0 Å². The van der Waals surface area contributed by atoms with Crippen LogP contribution < -0.4 is 0 Å². The van der Waals surface area contributed by atoms with Crippen LogP contribution >= 0.6 is 0 Å². The molecule has 0 saturated carbocycles. The van der Waals surface area contributed by atoms with Gasteiger partial charge in [0, 0.05) is 50.1 Å². The maximum Gasteiger partial charge on any atom is 0.241 e. The Morgan fingerprint density at radius 3 is 2.30 bits per heavy atom. The van der Waals surface area contributed by atoms with Crippen LogP contribution in [-0.2, 0) is 17.8 Å². The first kappa shape index (κ1) is 22.9. The lowest BCUT2D eigenvalue weighted by Crippen LogP contribution is -2.48. The van der Waals surface area contributed by atoms with Gasteiger partial charge in [-0.05, 0) is 18.9 Å². The van der Waals surface area contributed by atoms with Crippen LogP contribution in [0.3, 0.4) is 0 Å². The van der Waals surface area contributed by atoms with Gasteiger partial charge in [-0.2, -0.15) is 4.98 Å². The lowest BCUT2D eigenvalue weighted by molar-refractivity contribution is -0.133. The molecule has 1 fully saturated rings. The van der Waals surface area contributed by atoms with Crippen molar-refractivity contribution in [3.8, 4) is 11.4 Å². The Bertz CT molecular complexity index is 1080. The number of aromatic nitrogens is 2. The number of hydrogen-bond acceptors (Lipinski definition) is 6. The molecule has 4 rings (SSSR count). The molecule has 0 bridgehead atoms. The number of amides is 1. The van der Waals surface area contributed by atoms with Crippen molar-refractivity contribution in [2.45, 2.75) is 39.7 Å². The summed E-state index contributed by atoms with van der Waals surface area (Å²) in [4.78, 5) is 33.6. The molecule has 172 valence electrons. The molecular weight excluding hydrogens is 416 g/mol. The topological polar surface area (TPSA) is 79.5 Å². The lowest BCUT2D eigenvalue weighted by Gasteiger charge is -2.34. The Kier molecular flexibility index (Phi) is 7.29. The number of carbonyl (C=O) groups is 2. The van der Waals surface area contributed by atoms with Crippen LogP contribution in [0.25, 0.3) is 11.4 Å². The van der Waals surface area contributed by atoms with E-state index in [9.17, 15) is 9.59 Å². The molecule has 33 heavy (non-hydrogen) atoms. The fraction of sp³-hybridized carbons (Fsp3) is 0.385. The SMILES string of the molecule is CCc1ccc(C(=O)CCC(=O)N2CCN(Cc3nc(-c4ccc(C)cc4)no3)CC2)cc1. The zero-order chi connectivity index (χ0) is 23.2. The van der Waals surface area contributed by atoms with Gasteiger partial charge in [0.25, 0.3) is 0 Å². The Balaban J connectivity index is 1.22. The molecule has 0 atom stereocenters. The Hall–Kier alpha value is -3.32. The summed E-state index contributed by atoms with van der Waals surface area (Å²) in [7, 11) is 0. The molecule has 1 aliphatic heterocycles. The molecule has 2 heterocycles. The summed E-state index contributed by atoms with van der Waals surface area (Å²) >= 11 is 0. The standard InChI is InChI=1S/C26H30N4O3/c1-3-20-6-10-21(11-7-20)23(31)12-13-25(32)30-16-14-29(15-17-30)18-24-27-26(28-33-24)22-8-4-19(2)5-9-22/h4-11H,3,12-18H2,1-2H3. The summed E-state index contributed by atoms with van der Waals surface area (Å²) in [6.45, 7) is 7.43. The molecule has 1 saturated heterocycles. The molecule has 3 aromatic rings. The van der Waals surface area contributed by atoms with Crippen molar-refractivity contribution in [3.63, 3.8) is 0 Å². The molecule has 2 aromatic carbocycles. The Morgan fingerprint density at radius 2 is 1.64 bits per heavy atom. The van der Waals surface area contributed by atoms with E-state index in [0.717, 1.165) is 25.1 Å². The number of piperazine rings is 1. The normalized spacial score (nSPS) is 14.4. The highest BCUT2D eigenvalue weighted by molar-refractivity contribution is 5.98. The van der Waals surface area contributed by atoms with Crippen molar-refractivity contribution in [1.82, 2.24) is 19.9 Å². The van der Waals surface area contributed by atoms with E-state index in [1.165, 1.54) is 11.1 Å². The Labute approximate surface area is 194 Å². The van der Waals surface area contributed by atoms with Crippen molar-refractivity contribution >= 4 is 11.7 Å². The number of benzene rings is 2. The third-order valence-corrected chi connectivity index (χ3v) is 6.11. The molecule has 7 nitrogen and oxygen atoms in total. The molecule has 0 unspecified atom stereocenters. The highest BCUT2D eigenvalue weighted by Gasteiger charge is 2.23. The van der Waals surface area contributed by atoms with Gasteiger partial charge in [0.2, 0.25) is 17.6 Å². The van der Waals surface area contributed by atoms with Crippen LogP contribution in [0.1, 0.15) is 47.1 Å². The summed E-state index contributed by atoms with van der Waals surface area (Å²) in [5, 5.41) is 4.09. The second-order valence-electron chi connectivity index (χ2n) is 8.51. The van der Waals surface area contributed by atoms with E-state index < -0.39 is 0 Å². The highest BCUT2D eigenvalue weighted by Crippen LogP contribution is 2.18. The van der Waals surface area contributed by atoms with Crippen molar-refractivity contribution < 1.29 is 14.1 Å². The second-order valence-corrected chi connectivity index (χ2v) is 8.51. The number of rotatable bonds is 8. The largest absolute Gasteiger partial charge is 0.340 e. The third kappa shape index (κ3) is 5.93. The van der Waals surface area contributed by atoms with Crippen molar-refractivity contribution in [1.29, 1.82) is 0 Å². The van der Waals surface area contributed by atoms with Gasteiger partial charge < -0.3 is 9.42 Å². The maximum atomic E-state index is 12.6. The number of ketones is 1. The summed E-state index contributed by atoms with van der Waals surface area (Å²) in [6.07, 6.45) is 1.44. The minimum atomic E-state index is 0.0189. The molecule has 0 spiro atoms. The Morgan fingerprint density at radius 1 is 0.939 bits per heavy atom. The van der Waals surface area contributed by atoms with E-state index in [1.54, 1.807) is 0 Å². The lowest BCUT2D eigenvalue weighted by atomic mass is 10.0. The van der Waals surface area contributed by atoms with Gasteiger partial charge in [0.15, 0.2) is 5.78 Å². The summed E-state index contributed by atoms with van der Waals surface area (Å²) < 4.78 is 5.43. The summed E-state index contributed by atoms with van der Waals surface area (Å²) in [5.74, 6) is 1.22. The van der Waals surface area contributed by atoms with Crippen LogP contribution in [0.4, 0.5) is 0 Å². The minimum absolute atomic E-state index is 0.0189. The average molecular weight is 447 g/mol. The van der Waals surface area contributed by atoms with E-state index in [-0.39, 0.29) is 24.5 Å². The van der Waals surface area contributed by atoms with Gasteiger partial charge in [-0.15, -0.1) is 0 Å². The average Bonchev–Trinajstić information content (AvgIpc) is 3.31. The van der Waals surface area contributed by atoms with E-state index in [2.05, 4.69) is 22.0 Å². The quantitative estimate of drug-likeness (QED) is 0.488. The monoisotopic (exact) mass is 446 g/mol. The fourth-order valence-electron chi connectivity index (χ4n) is 3.93. The van der Waals surface area contributed by atoms with Gasteiger partial charge in [-0.3, -0.25) is 14.5 Å². The number of Topliss-reactive ketones (excluding diaryl/α,β-unsaturated/α-hetero) is 1. The summed E-state index contributed by atoms with van der Waals surface area (Å²) in [5.41, 5.74) is 3.99. The predicted molar refractivity (Wildman–Crippen MR) is 126 cm³/mol. The van der Waals surface area contributed by atoms with E-state index in [4.69, 9.17) is 4.52 Å². The molecule has 7 heteroatoms.